The molecule has 0 saturated carbocycles. The van der Waals surface area contributed by atoms with Crippen LogP contribution in [0.4, 0.5) is 8.78 Å². The second kappa shape index (κ2) is 19.4. The molecule has 0 heterocycles. The Balaban J connectivity index is -0.0000000553. The second-order valence-electron chi connectivity index (χ2n) is 4.17. The third-order valence-electron chi connectivity index (χ3n) is 0. The Morgan fingerprint density at radius 1 is 1.00 bits per heavy atom. The first kappa shape index (κ1) is 24.2. The highest BCUT2D eigenvalue weighted by atomic mass is 19.3. The highest BCUT2D eigenvalue weighted by molar-refractivity contribution is 4.40. The minimum Gasteiger partial charge on any atom is -0.388 e. The minimum absolute atomic E-state index is 0.833. The first-order chi connectivity index (χ1) is 6.56. The molecule has 0 amide bonds. The lowest BCUT2D eigenvalue weighted by atomic mass is 10.3. The van der Waals surface area contributed by atoms with Crippen molar-refractivity contribution in [3.8, 4) is 0 Å². The summed E-state index contributed by atoms with van der Waals surface area (Å²) in [7, 11) is 3.25. The summed E-state index contributed by atoms with van der Waals surface area (Å²) >= 11 is 0. The van der Waals surface area contributed by atoms with Crippen molar-refractivity contribution >= 4 is 0 Å². The van der Waals surface area contributed by atoms with Gasteiger partial charge in [-0.3, -0.25) is 0 Å². The molecule has 0 aromatic rings. The molecule has 0 aromatic carbocycles. The second-order valence-corrected chi connectivity index (χ2v) is 4.17. The molecule has 0 N–H and O–H groups in total. The summed E-state index contributed by atoms with van der Waals surface area (Å²) in [5.74, 6) is -1.67. The topological polar surface area (TPSA) is 9.23 Å². The van der Waals surface area contributed by atoms with Gasteiger partial charge in [-0.05, 0) is 19.8 Å². The molecule has 98 valence electrons. The summed E-state index contributed by atoms with van der Waals surface area (Å²) in [6, 6.07) is 0. The van der Waals surface area contributed by atoms with Crippen LogP contribution in [0, 0.1) is 5.92 Å². The van der Waals surface area contributed by atoms with Crippen LogP contribution in [0.3, 0.4) is 0 Å². The molecule has 0 aliphatic rings. The fraction of sp³-hybridized carbons (Fsp3) is 1.00. The summed E-state index contributed by atoms with van der Waals surface area (Å²) in [6.07, 6.45) is 1.25. The van der Waals surface area contributed by atoms with Crippen LogP contribution < -0.4 is 0 Å². The maximum Gasteiger partial charge on any atom is 0.242 e. The number of alkyl halides is 2. The van der Waals surface area contributed by atoms with E-state index in [0.29, 0.717) is 0 Å². The first-order valence-corrected chi connectivity index (χ1v) is 5.34. The molecule has 0 saturated heterocycles. The molecular formula is C12H30F2O. The zero-order valence-corrected chi connectivity index (χ0v) is 11.9. The van der Waals surface area contributed by atoms with Crippen molar-refractivity contribution in [3.63, 3.8) is 0 Å². The molecule has 0 aromatic heterocycles. The van der Waals surface area contributed by atoms with E-state index < -0.39 is 5.92 Å². The predicted molar refractivity (Wildman–Crippen MR) is 65.7 cm³/mol. The van der Waals surface area contributed by atoms with E-state index in [1.54, 1.807) is 14.2 Å². The maximum atomic E-state index is 11.0. The van der Waals surface area contributed by atoms with E-state index in [9.17, 15) is 8.78 Å². The number of ether oxygens (including phenoxy) is 1. The Morgan fingerprint density at radius 3 is 1.00 bits per heavy atom. The van der Waals surface area contributed by atoms with Crippen LogP contribution in [-0.4, -0.2) is 20.1 Å². The zero-order valence-electron chi connectivity index (χ0n) is 11.9. The van der Waals surface area contributed by atoms with E-state index in [1.807, 2.05) is 0 Å². The van der Waals surface area contributed by atoms with Crippen LogP contribution in [0.25, 0.3) is 0 Å². The van der Waals surface area contributed by atoms with Gasteiger partial charge in [0.1, 0.15) is 0 Å². The van der Waals surface area contributed by atoms with E-state index in [-0.39, 0.29) is 0 Å². The van der Waals surface area contributed by atoms with Crippen LogP contribution in [-0.2, 0) is 4.74 Å². The van der Waals surface area contributed by atoms with Crippen LogP contribution in [0.5, 0.6) is 0 Å². The van der Waals surface area contributed by atoms with Crippen LogP contribution in [0.1, 0.15) is 54.9 Å². The SMILES string of the molecule is CC(C)(F)F.CC(C)C.CCC.COC. The van der Waals surface area contributed by atoms with Gasteiger partial charge < -0.3 is 4.74 Å². The van der Waals surface area contributed by atoms with Crippen molar-refractivity contribution in [2.24, 2.45) is 5.92 Å². The first-order valence-electron chi connectivity index (χ1n) is 5.34. The molecule has 3 heteroatoms. The third-order valence-corrected chi connectivity index (χ3v) is 0. The number of hydrogen-bond acceptors (Lipinski definition) is 1. The van der Waals surface area contributed by atoms with Crippen molar-refractivity contribution in [2.75, 3.05) is 14.2 Å². The van der Waals surface area contributed by atoms with Crippen LogP contribution >= 0.6 is 0 Å². The van der Waals surface area contributed by atoms with Gasteiger partial charge in [0.15, 0.2) is 0 Å². The lowest BCUT2D eigenvalue weighted by Crippen LogP contribution is -1.98. The fourth-order valence-corrected chi connectivity index (χ4v) is 0. The molecule has 15 heavy (non-hydrogen) atoms. The molecule has 0 unspecified atom stereocenters. The molecule has 0 spiro atoms. The zero-order chi connectivity index (χ0) is 13.5. The lowest BCUT2D eigenvalue weighted by molar-refractivity contribution is 0.0437. The van der Waals surface area contributed by atoms with Gasteiger partial charge in [-0.25, -0.2) is 8.78 Å². The van der Waals surface area contributed by atoms with Crippen molar-refractivity contribution in [1.29, 1.82) is 0 Å². The minimum atomic E-state index is -2.50. The Labute approximate surface area is 95.2 Å². The van der Waals surface area contributed by atoms with Crippen molar-refractivity contribution in [2.45, 2.75) is 60.8 Å². The van der Waals surface area contributed by atoms with Gasteiger partial charge in [-0.2, -0.15) is 0 Å². The number of methoxy groups -OCH3 is 1. The summed E-state index contributed by atoms with van der Waals surface area (Å²) in [5, 5.41) is 0. The molecule has 0 aliphatic carbocycles. The normalized spacial score (nSPS) is 8.80. The highest BCUT2D eigenvalue weighted by Crippen LogP contribution is 2.06. The number of rotatable bonds is 0. The van der Waals surface area contributed by atoms with E-state index in [2.05, 4.69) is 39.4 Å². The largest absolute Gasteiger partial charge is 0.388 e. The van der Waals surface area contributed by atoms with Crippen molar-refractivity contribution in [1.82, 2.24) is 0 Å². The molecule has 0 bridgehead atoms. The highest BCUT2D eigenvalue weighted by Gasteiger charge is 2.08. The molecule has 0 aliphatic heterocycles. The molecule has 1 nitrogen and oxygen atoms in total. The molecule has 0 fully saturated rings. The van der Waals surface area contributed by atoms with Crippen LogP contribution in [0.2, 0.25) is 0 Å². The van der Waals surface area contributed by atoms with Crippen molar-refractivity contribution < 1.29 is 13.5 Å². The average Bonchev–Trinajstić information content (AvgIpc) is 1.82. The molecule has 0 rings (SSSR count). The van der Waals surface area contributed by atoms with E-state index in [1.165, 1.54) is 6.42 Å². The van der Waals surface area contributed by atoms with Gasteiger partial charge >= 0.3 is 0 Å². The smallest absolute Gasteiger partial charge is 0.242 e. The molecule has 0 radical (unpaired) electrons. The molecule has 0 atom stereocenters. The van der Waals surface area contributed by atoms with Crippen molar-refractivity contribution in [3.05, 3.63) is 0 Å². The fourth-order valence-electron chi connectivity index (χ4n) is 0. The Hall–Kier alpha value is -0.180. The number of hydrogen-bond donors (Lipinski definition) is 0. The quantitative estimate of drug-likeness (QED) is 0.566. The average molecular weight is 228 g/mol. The van der Waals surface area contributed by atoms with E-state index in [0.717, 1.165) is 19.8 Å². The van der Waals surface area contributed by atoms with Crippen LogP contribution in [0.15, 0.2) is 0 Å². The Kier molecular flexibility index (Phi) is 31.3. The Bertz CT molecular complexity index is 67.4. The van der Waals surface area contributed by atoms with Gasteiger partial charge in [-0.15, -0.1) is 0 Å². The van der Waals surface area contributed by atoms with Gasteiger partial charge in [0, 0.05) is 14.2 Å². The summed E-state index contributed by atoms with van der Waals surface area (Å²) in [4.78, 5) is 0. The summed E-state index contributed by atoms with van der Waals surface area (Å²) in [5.41, 5.74) is 0. The maximum absolute atomic E-state index is 11.0. The third kappa shape index (κ3) is 59600. The number of halogens is 2. The predicted octanol–water partition coefficient (Wildman–Crippen LogP) is 5.00. The Morgan fingerprint density at radius 2 is 1.00 bits per heavy atom. The van der Waals surface area contributed by atoms with E-state index in [4.69, 9.17) is 0 Å². The summed E-state index contributed by atoms with van der Waals surface area (Å²) in [6.45, 7) is 12.5. The molecular weight excluding hydrogens is 198 g/mol. The summed E-state index contributed by atoms with van der Waals surface area (Å²) < 4.78 is 26.3. The van der Waals surface area contributed by atoms with Gasteiger partial charge in [0.25, 0.3) is 0 Å². The lowest BCUT2D eigenvalue weighted by Gasteiger charge is -1.94. The standard InChI is InChI=1S/C4H10.C3H6F2.C3H8.C2H6O/c1-4(2)3;1-3(2,4)5;2*1-3-2/h4H,1-3H3;1-2H3;3H2,1-2H3;1-2H3. The monoisotopic (exact) mass is 228 g/mol. The van der Waals surface area contributed by atoms with Gasteiger partial charge in [0.05, 0.1) is 0 Å². The van der Waals surface area contributed by atoms with Gasteiger partial charge in [-0.1, -0.05) is 41.0 Å². The van der Waals surface area contributed by atoms with Gasteiger partial charge in [0.2, 0.25) is 5.92 Å². The van der Waals surface area contributed by atoms with E-state index >= 15 is 0 Å².